The molecule has 2 saturated carbocycles. The molecule has 2 aliphatic heterocycles. The topological polar surface area (TPSA) is 68.3 Å². The molecule has 0 unspecified atom stereocenters. The zero-order valence-electron chi connectivity index (χ0n) is 25.7. The van der Waals surface area contributed by atoms with Crippen LogP contribution in [-0.4, -0.2) is 72.2 Å². The van der Waals surface area contributed by atoms with Crippen molar-refractivity contribution in [3.8, 4) is 23.3 Å². The van der Waals surface area contributed by atoms with Crippen molar-refractivity contribution in [3.63, 3.8) is 0 Å². The lowest BCUT2D eigenvalue weighted by molar-refractivity contribution is -0.224. The molecule has 0 N–H and O–H groups in total. The van der Waals surface area contributed by atoms with Crippen molar-refractivity contribution in [2.45, 2.75) is 88.5 Å². The smallest absolute Gasteiger partial charge is 0.303 e. The molecule has 2 aromatic carbocycles. The van der Waals surface area contributed by atoms with Crippen LogP contribution >= 0.6 is 0 Å². The van der Waals surface area contributed by atoms with Gasteiger partial charge in [0, 0.05) is 37.1 Å². The second kappa shape index (κ2) is 10.6. The van der Waals surface area contributed by atoms with Crippen LogP contribution in [0.2, 0.25) is 0 Å². The monoisotopic (exact) mass is 582 g/mol. The Bertz CT molecular complexity index is 1490. The molecule has 7 nitrogen and oxygen atoms in total. The third kappa shape index (κ3) is 4.44. The average molecular weight is 583 g/mol. The highest BCUT2D eigenvalue weighted by Crippen LogP contribution is 2.67. The molecule has 2 heterocycles. The lowest BCUT2D eigenvalue weighted by Gasteiger charge is -2.65. The highest BCUT2D eigenvalue weighted by molar-refractivity contribution is 5.94. The number of ether oxygens (including phenoxy) is 3. The molecule has 2 bridgehead atoms. The maximum atomic E-state index is 14.0. The van der Waals surface area contributed by atoms with Gasteiger partial charge in [0.05, 0.1) is 24.6 Å². The number of amides is 1. The fraction of sp³-hybridized carbons (Fsp3) is 0.556. The van der Waals surface area contributed by atoms with Gasteiger partial charge in [-0.2, -0.15) is 0 Å². The van der Waals surface area contributed by atoms with E-state index in [1.54, 1.807) is 14.0 Å². The Labute approximate surface area is 254 Å². The van der Waals surface area contributed by atoms with E-state index in [9.17, 15) is 9.59 Å². The maximum absolute atomic E-state index is 14.0. The van der Waals surface area contributed by atoms with E-state index in [0.29, 0.717) is 25.1 Å². The van der Waals surface area contributed by atoms with Gasteiger partial charge in [0.15, 0.2) is 11.5 Å². The summed E-state index contributed by atoms with van der Waals surface area (Å²) in [5.41, 5.74) is 1.88. The highest BCUT2D eigenvalue weighted by atomic mass is 16.6. The van der Waals surface area contributed by atoms with E-state index >= 15 is 0 Å². The van der Waals surface area contributed by atoms with Crippen LogP contribution in [0.3, 0.4) is 0 Å². The van der Waals surface area contributed by atoms with Crippen molar-refractivity contribution in [2.75, 3.05) is 26.7 Å². The van der Waals surface area contributed by atoms with Crippen LogP contribution in [0.5, 0.6) is 11.5 Å². The molecule has 7 rings (SSSR count). The van der Waals surface area contributed by atoms with Crippen LogP contribution in [0.4, 0.5) is 0 Å². The zero-order valence-corrected chi connectivity index (χ0v) is 25.7. The molecule has 1 amide bonds. The van der Waals surface area contributed by atoms with Gasteiger partial charge in [-0.25, -0.2) is 0 Å². The number of benzene rings is 2. The first-order chi connectivity index (χ1) is 20.8. The molecule has 3 fully saturated rings. The van der Waals surface area contributed by atoms with Crippen molar-refractivity contribution in [2.24, 2.45) is 11.8 Å². The summed E-state index contributed by atoms with van der Waals surface area (Å²) in [7, 11) is 1.68. The predicted molar refractivity (Wildman–Crippen MR) is 163 cm³/mol. The number of nitrogens with zero attached hydrogens (tertiary/aromatic N) is 2. The summed E-state index contributed by atoms with van der Waals surface area (Å²) in [6.45, 7) is 8.34. The van der Waals surface area contributed by atoms with Gasteiger partial charge in [-0.05, 0) is 80.7 Å². The summed E-state index contributed by atoms with van der Waals surface area (Å²) in [6.07, 6.45) is 5.13. The van der Waals surface area contributed by atoms with Crippen LogP contribution in [0.1, 0.15) is 69.6 Å². The number of methoxy groups -OCH3 is 1. The molecule has 226 valence electrons. The van der Waals surface area contributed by atoms with E-state index in [1.165, 1.54) is 18.4 Å². The maximum Gasteiger partial charge on any atom is 0.303 e. The fourth-order valence-corrected chi connectivity index (χ4v) is 8.84. The summed E-state index contributed by atoms with van der Waals surface area (Å²) in [5, 5.41) is 0. The molecule has 2 aromatic rings. The van der Waals surface area contributed by atoms with Gasteiger partial charge in [0.1, 0.15) is 11.7 Å². The number of rotatable bonds is 7. The SMILES string of the molecule is COc1ccc2c3c1O[C@H]1[C@H](N(CC(C)C)C(=O)C#Cc4ccccc4)CC[C@@]4(OC(C)=O)[C@@H](C2)N(CC2CC2)CC[C@]314. The second-order valence-corrected chi connectivity index (χ2v) is 13.6. The standard InChI is InChI=1S/C36H42N2O5/c1-23(2)21-38(31(40)15-12-25-8-6-5-7-9-25)28-16-17-36(43-24(3)39)30-20-27-13-14-29(41-4)33-32(27)35(36,34(28)42-33)18-19-37(30)22-26-10-11-26/h5-9,13-14,23,26,28,30,34H,10-11,16-22H2,1-4H3/t28-,30-,34+,35+,36-/m1/s1. The molecular formula is C36H42N2O5. The second-order valence-electron chi connectivity index (χ2n) is 13.6. The third-order valence-electron chi connectivity index (χ3n) is 10.5. The minimum Gasteiger partial charge on any atom is -0.493 e. The van der Waals surface area contributed by atoms with Gasteiger partial charge < -0.3 is 19.1 Å². The third-order valence-corrected chi connectivity index (χ3v) is 10.5. The van der Waals surface area contributed by atoms with Crippen LogP contribution in [0.15, 0.2) is 42.5 Å². The highest BCUT2D eigenvalue weighted by Gasteiger charge is 2.76. The fourth-order valence-electron chi connectivity index (χ4n) is 8.84. The largest absolute Gasteiger partial charge is 0.493 e. The van der Waals surface area contributed by atoms with Gasteiger partial charge in [-0.3, -0.25) is 14.5 Å². The molecule has 7 heteroatoms. The van der Waals surface area contributed by atoms with E-state index in [0.717, 1.165) is 48.7 Å². The van der Waals surface area contributed by atoms with Crippen molar-refractivity contribution >= 4 is 11.9 Å². The van der Waals surface area contributed by atoms with Crippen LogP contribution < -0.4 is 9.47 Å². The van der Waals surface area contributed by atoms with Crippen molar-refractivity contribution in [1.29, 1.82) is 0 Å². The first-order valence-corrected chi connectivity index (χ1v) is 16.0. The van der Waals surface area contributed by atoms with Gasteiger partial charge in [-0.15, -0.1) is 0 Å². The first-order valence-electron chi connectivity index (χ1n) is 16.0. The summed E-state index contributed by atoms with van der Waals surface area (Å²) < 4.78 is 19.6. The number of carbonyl (C=O) groups excluding carboxylic acids is 2. The number of piperidine rings is 1. The minimum absolute atomic E-state index is 0.0665. The molecule has 3 aliphatic carbocycles. The van der Waals surface area contributed by atoms with Crippen LogP contribution in [-0.2, 0) is 26.2 Å². The molecule has 1 spiro atoms. The Kier molecular flexibility index (Phi) is 6.97. The van der Waals surface area contributed by atoms with Crippen molar-refractivity contribution in [1.82, 2.24) is 9.80 Å². The van der Waals surface area contributed by atoms with E-state index in [1.807, 2.05) is 41.3 Å². The molecule has 5 aliphatic rings. The Morgan fingerprint density at radius 3 is 2.60 bits per heavy atom. The summed E-state index contributed by atoms with van der Waals surface area (Å²) in [5.74, 6) is 8.03. The number of carbonyl (C=O) groups is 2. The average Bonchev–Trinajstić information content (AvgIpc) is 3.73. The number of hydrogen-bond acceptors (Lipinski definition) is 6. The first kappa shape index (κ1) is 28.3. The molecule has 0 radical (unpaired) electrons. The number of likely N-dealkylation sites (tertiary alicyclic amines) is 1. The Balaban J connectivity index is 1.36. The quantitative estimate of drug-likeness (QED) is 0.347. The van der Waals surface area contributed by atoms with E-state index in [2.05, 4.69) is 36.7 Å². The Hall–Kier alpha value is -3.50. The van der Waals surface area contributed by atoms with E-state index in [4.69, 9.17) is 14.2 Å². The number of hydrogen-bond donors (Lipinski definition) is 0. The molecule has 1 saturated heterocycles. The van der Waals surface area contributed by atoms with Crippen molar-refractivity contribution in [3.05, 3.63) is 59.2 Å². The van der Waals surface area contributed by atoms with Gasteiger partial charge in [0.25, 0.3) is 5.91 Å². The summed E-state index contributed by atoms with van der Waals surface area (Å²) in [4.78, 5) is 31.5. The van der Waals surface area contributed by atoms with Crippen LogP contribution in [0.25, 0.3) is 0 Å². The predicted octanol–water partition coefficient (Wildman–Crippen LogP) is 4.74. The normalized spacial score (nSPS) is 30.0. The van der Waals surface area contributed by atoms with Gasteiger partial charge in [0.2, 0.25) is 0 Å². The lowest BCUT2D eigenvalue weighted by Crippen LogP contribution is -2.79. The van der Waals surface area contributed by atoms with Gasteiger partial charge >= 0.3 is 5.97 Å². The Morgan fingerprint density at radius 1 is 1.12 bits per heavy atom. The molecule has 43 heavy (non-hydrogen) atoms. The Morgan fingerprint density at radius 2 is 1.91 bits per heavy atom. The minimum atomic E-state index is -0.736. The summed E-state index contributed by atoms with van der Waals surface area (Å²) in [6, 6.07) is 13.7. The van der Waals surface area contributed by atoms with Crippen molar-refractivity contribution < 1.29 is 23.8 Å². The van der Waals surface area contributed by atoms with Gasteiger partial charge in [-0.1, -0.05) is 44.0 Å². The number of esters is 1. The molecule has 0 aromatic heterocycles. The van der Waals surface area contributed by atoms with E-state index < -0.39 is 11.0 Å². The summed E-state index contributed by atoms with van der Waals surface area (Å²) >= 11 is 0. The molecular weight excluding hydrogens is 540 g/mol. The van der Waals surface area contributed by atoms with E-state index in [-0.39, 0.29) is 36.0 Å². The van der Waals surface area contributed by atoms with Crippen LogP contribution in [0, 0.1) is 23.7 Å². The lowest BCUT2D eigenvalue weighted by atomic mass is 9.48. The zero-order chi connectivity index (χ0) is 29.9. The molecule has 5 atom stereocenters.